The molecule has 0 aliphatic carbocycles. The molecule has 0 atom stereocenters. The second kappa shape index (κ2) is 22.6. The molecular formula is C56H57F3N6O6. The third kappa shape index (κ3) is 11.3. The van der Waals surface area contributed by atoms with E-state index in [1.165, 1.54) is 69.1 Å². The van der Waals surface area contributed by atoms with Crippen molar-refractivity contribution in [2.75, 3.05) is 70.3 Å². The molecule has 0 radical (unpaired) electrons. The van der Waals surface area contributed by atoms with Gasteiger partial charge >= 0.3 is 11.9 Å². The fourth-order valence-electron chi connectivity index (χ4n) is 9.58. The Balaban J connectivity index is 0.000000158. The van der Waals surface area contributed by atoms with Crippen molar-refractivity contribution in [3.8, 4) is 0 Å². The SMILES string of the molecule is CCn1cc(C(=O)O)c(=O)c2cc(F)c(F)cc21.CCn1cc(C(=O)O)c(=O)c2cc(F)c(N3CCN(CCc4cccc5ccccc45)CC3)cc21.c1ccc2c(CCN3CCNCC3)cccc2c1. The zero-order valence-electron chi connectivity index (χ0n) is 39.8. The van der Waals surface area contributed by atoms with Crippen molar-refractivity contribution in [3.05, 3.63) is 182 Å². The molecule has 12 nitrogen and oxygen atoms in total. The number of pyridine rings is 2. The molecule has 8 aromatic rings. The zero-order valence-corrected chi connectivity index (χ0v) is 39.8. The maximum Gasteiger partial charge on any atom is 0.341 e. The van der Waals surface area contributed by atoms with E-state index in [1.54, 1.807) is 17.6 Å². The molecule has 4 heterocycles. The number of anilines is 1. The fourth-order valence-corrected chi connectivity index (χ4v) is 9.58. The quantitative estimate of drug-likeness (QED) is 0.115. The molecule has 0 amide bonds. The van der Waals surface area contributed by atoms with E-state index in [0.717, 1.165) is 63.9 Å². The highest BCUT2D eigenvalue weighted by molar-refractivity contribution is 5.94. The van der Waals surface area contributed by atoms with Gasteiger partial charge < -0.3 is 34.5 Å². The van der Waals surface area contributed by atoms with E-state index < -0.39 is 45.8 Å². The van der Waals surface area contributed by atoms with Crippen molar-refractivity contribution in [1.29, 1.82) is 0 Å². The van der Waals surface area contributed by atoms with Gasteiger partial charge in [0, 0.05) is 108 Å². The average molecular weight is 967 g/mol. The van der Waals surface area contributed by atoms with E-state index in [2.05, 4.69) is 100 Å². The highest BCUT2D eigenvalue weighted by Crippen LogP contribution is 2.27. The second-order valence-electron chi connectivity index (χ2n) is 17.7. The van der Waals surface area contributed by atoms with Crippen LogP contribution in [0, 0.1) is 17.5 Å². The third-order valence-electron chi connectivity index (χ3n) is 13.5. The lowest BCUT2D eigenvalue weighted by Crippen LogP contribution is -2.47. The summed E-state index contributed by atoms with van der Waals surface area (Å²) >= 11 is 0. The molecule has 2 aliphatic heterocycles. The smallest absolute Gasteiger partial charge is 0.341 e. The standard InChI is InChI=1S/C28H28FN3O3.C16H20N2.C12H9F2NO3/c1-2-31-18-23(28(34)35)27(33)22-16-24(29)26(17-25(22)31)32-14-12-30(13-15-32)11-10-20-8-5-7-19-6-3-4-9-21(19)20;1-2-7-16-14(4-1)5-3-6-15(16)8-11-18-12-9-17-10-13-18;1-2-15-5-7(12(17)18)11(16)6-3-8(13)9(14)4-10(6)15/h3-9,16-18H,2,10-15H2,1H3,(H,34,35);1-7,17H,8-13H2;3-5H,2H2,1H3,(H,17,18). The van der Waals surface area contributed by atoms with Crippen LogP contribution in [-0.4, -0.2) is 107 Å². The molecule has 6 aromatic carbocycles. The summed E-state index contributed by atoms with van der Waals surface area (Å²) in [4.78, 5) is 53.8. The molecule has 15 heteroatoms. The molecule has 2 aliphatic rings. The van der Waals surface area contributed by atoms with Crippen molar-refractivity contribution in [2.24, 2.45) is 0 Å². The molecule has 0 saturated carbocycles. The van der Waals surface area contributed by atoms with Gasteiger partial charge in [0.2, 0.25) is 10.9 Å². The minimum Gasteiger partial charge on any atom is -0.477 e. The van der Waals surface area contributed by atoms with Crippen molar-refractivity contribution in [2.45, 2.75) is 39.8 Å². The van der Waals surface area contributed by atoms with Crippen molar-refractivity contribution >= 4 is 61.0 Å². The maximum atomic E-state index is 15.1. The van der Waals surface area contributed by atoms with Gasteiger partial charge in [0.1, 0.15) is 16.9 Å². The third-order valence-corrected chi connectivity index (χ3v) is 13.5. The monoisotopic (exact) mass is 966 g/mol. The van der Waals surface area contributed by atoms with Gasteiger partial charge in [-0.3, -0.25) is 14.5 Å². The minimum atomic E-state index is -1.39. The van der Waals surface area contributed by atoms with E-state index in [9.17, 15) is 33.1 Å². The lowest BCUT2D eigenvalue weighted by molar-refractivity contribution is 0.0684. The Bertz CT molecular complexity index is 3350. The summed E-state index contributed by atoms with van der Waals surface area (Å²) in [7, 11) is 0. The number of nitrogens with one attached hydrogen (secondary N) is 1. The normalized spacial score (nSPS) is 14.3. The number of carboxylic acids is 2. The highest BCUT2D eigenvalue weighted by atomic mass is 19.2. The van der Waals surface area contributed by atoms with Gasteiger partial charge in [-0.15, -0.1) is 0 Å². The number of carboxylic acid groups (broad SMARTS) is 2. The van der Waals surface area contributed by atoms with Crippen LogP contribution in [0.3, 0.4) is 0 Å². The molecule has 10 rings (SSSR count). The number of halogens is 3. The minimum absolute atomic E-state index is 0.0988. The summed E-state index contributed by atoms with van der Waals surface area (Å²) < 4.78 is 44.5. The Hall–Kier alpha value is -7.33. The maximum absolute atomic E-state index is 15.1. The summed E-state index contributed by atoms with van der Waals surface area (Å²) in [6.45, 7) is 14.1. The summed E-state index contributed by atoms with van der Waals surface area (Å²) in [5, 5.41) is 26.9. The lowest BCUT2D eigenvalue weighted by Gasteiger charge is -2.36. The topological polar surface area (TPSA) is 140 Å². The average Bonchev–Trinajstić information content (AvgIpc) is 3.39. The Morgan fingerprint density at radius 3 is 1.46 bits per heavy atom. The van der Waals surface area contributed by atoms with Crippen LogP contribution in [-0.2, 0) is 25.9 Å². The number of aryl methyl sites for hydroxylation is 2. The predicted octanol–water partition coefficient (Wildman–Crippen LogP) is 8.66. The highest BCUT2D eigenvalue weighted by Gasteiger charge is 2.23. The number of fused-ring (bicyclic) bond motifs is 4. The van der Waals surface area contributed by atoms with Crippen LogP contribution in [0.4, 0.5) is 18.9 Å². The van der Waals surface area contributed by atoms with Gasteiger partial charge in [0.05, 0.1) is 16.7 Å². The summed E-state index contributed by atoms with van der Waals surface area (Å²) in [5.74, 6) is -5.45. The fraction of sp³-hybridized carbons (Fsp3) is 0.286. The van der Waals surface area contributed by atoms with E-state index >= 15 is 4.39 Å². The molecule has 368 valence electrons. The Kier molecular flexibility index (Phi) is 15.9. The molecule has 2 aromatic heterocycles. The Morgan fingerprint density at radius 1 is 0.535 bits per heavy atom. The van der Waals surface area contributed by atoms with E-state index in [0.29, 0.717) is 37.4 Å². The number of nitrogens with zero attached hydrogens (tertiary/aromatic N) is 5. The number of hydrogen-bond acceptors (Lipinski definition) is 8. The first-order chi connectivity index (χ1) is 34.3. The number of piperazine rings is 2. The number of carbonyl (C=O) groups is 2. The van der Waals surface area contributed by atoms with Gasteiger partial charge in [-0.1, -0.05) is 84.9 Å². The van der Waals surface area contributed by atoms with Crippen molar-refractivity contribution < 1.29 is 33.0 Å². The van der Waals surface area contributed by atoms with Gasteiger partial charge in [-0.25, -0.2) is 22.8 Å². The first-order valence-corrected chi connectivity index (χ1v) is 24.0. The van der Waals surface area contributed by atoms with E-state index in [4.69, 9.17) is 5.11 Å². The van der Waals surface area contributed by atoms with Gasteiger partial charge in [0.15, 0.2) is 11.6 Å². The largest absolute Gasteiger partial charge is 0.477 e. The van der Waals surface area contributed by atoms with Crippen molar-refractivity contribution in [1.82, 2.24) is 24.3 Å². The van der Waals surface area contributed by atoms with Crippen LogP contribution in [0.15, 0.2) is 131 Å². The van der Waals surface area contributed by atoms with Crippen LogP contribution in [0.1, 0.15) is 45.7 Å². The van der Waals surface area contributed by atoms with Gasteiger partial charge in [-0.05, 0) is 77.6 Å². The van der Waals surface area contributed by atoms with Crippen LogP contribution in [0.5, 0.6) is 0 Å². The molecule has 2 saturated heterocycles. The molecule has 0 spiro atoms. The van der Waals surface area contributed by atoms with Crippen LogP contribution >= 0.6 is 0 Å². The van der Waals surface area contributed by atoms with E-state index in [1.807, 2.05) is 11.8 Å². The first-order valence-electron chi connectivity index (χ1n) is 24.0. The molecule has 0 unspecified atom stereocenters. The number of aromatic nitrogens is 2. The molecule has 3 N–H and O–H groups in total. The van der Waals surface area contributed by atoms with Crippen LogP contribution in [0.25, 0.3) is 43.4 Å². The van der Waals surface area contributed by atoms with Gasteiger partial charge in [-0.2, -0.15) is 0 Å². The summed E-state index contributed by atoms with van der Waals surface area (Å²) in [6, 6.07) is 34.7. The number of hydrogen-bond donors (Lipinski definition) is 3. The first kappa shape index (κ1) is 50.1. The lowest BCUT2D eigenvalue weighted by atomic mass is 10.0. The summed E-state index contributed by atoms with van der Waals surface area (Å²) in [5.41, 5.74) is 1.72. The Morgan fingerprint density at radius 2 is 0.972 bits per heavy atom. The molecule has 71 heavy (non-hydrogen) atoms. The predicted molar refractivity (Wildman–Crippen MR) is 275 cm³/mol. The van der Waals surface area contributed by atoms with Crippen LogP contribution < -0.4 is 21.1 Å². The van der Waals surface area contributed by atoms with E-state index in [-0.39, 0.29) is 21.9 Å². The summed E-state index contributed by atoms with van der Waals surface area (Å²) in [6.07, 6.45) is 4.59. The number of aromatic carboxylic acids is 2. The number of rotatable bonds is 11. The molecule has 2 fully saturated rings. The van der Waals surface area contributed by atoms with Crippen LogP contribution in [0.2, 0.25) is 0 Å². The molecule has 0 bridgehead atoms. The Labute approximate surface area is 408 Å². The zero-order chi connectivity index (χ0) is 50.2. The second-order valence-corrected chi connectivity index (χ2v) is 17.7. The van der Waals surface area contributed by atoms with Gasteiger partial charge in [0.25, 0.3) is 0 Å². The molecular weight excluding hydrogens is 910 g/mol. The van der Waals surface area contributed by atoms with Crippen molar-refractivity contribution in [3.63, 3.8) is 0 Å². The number of benzene rings is 6.